The van der Waals surface area contributed by atoms with Gasteiger partial charge in [0.25, 0.3) is 10.0 Å². The number of nitrogens with zero attached hydrogens (tertiary/aromatic N) is 2. The summed E-state index contributed by atoms with van der Waals surface area (Å²) in [5, 5.41) is 0. The Morgan fingerprint density at radius 2 is 1.82 bits per heavy atom. The van der Waals surface area contributed by atoms with Gasteiger partial charge in [0.1, 0.15) is 0 Å². The summed E-state index contributed by atoms with van der Waals surface area (Å²) in [6.07, 6.45) is 2.94. The Bertz CT molecular complexity index is 683. The van der Waals surface area contributed by atoms with Crippen LogP contribution in [0.1, 0.15) is 0 Å². The Balaban J connectivity index is 2.53. The molecule has 1 aromatic carbocycles. The third-order valence-corrected chi connectivity index (χ3v) is 3.33. The van der Waals surface area contributed by atoms with E-state index < -0.39 is 16.1 Å². The Hall–Kier alpha value is -2.22. The second kappa shape index (κ2) is 3.98. The van der Waals surface area contributed by atoms with Crippen LogP contribution < -0.4 is 10.5 Å². The number of fused-ring (bicyclic) bond motifs is 1. The Kier molecular flexibility index (Phi) is 2.64. The SMILES string of the molecule is NC(=O)NS(=O)(=O)c1ccc2nccnc2c1. The van der Waals surface area contributed by atoms with Gasteiger partial charge in [0.15, 0.2) is 0 Å². The molecule has 2 rings (SSSR count). The molecule has 2 amide bonds. The Morgan fingerprint density at radius 3 is 2.47 bits per heavy atom. The number of sulfonamides is 1. The smallest absolute Gasteiger partial charge is 0.326 e. The lowest BCUT2D eigenvalue weighted by atomic mass is 10.3. The second-order valence-electron chi connectivity index (χ2n) is 3.18. The van der Waals surface area contributed by atoms with E-state index in [-0.39, 0.29) is 4.90 Å². The van der Waals surface area contributed by atoms with Crippen LogP contribution in [0, 0.1) is 0 Å². The van der Waals surface area contributed by atoms with Crippen LogP contribution in [-0.2, 0) is 10.0 Å². The Morgan fingerprint density at radius 1 is 1.18 bits per heavy atom. The van der Waals surface area contributed by atoms with Crippen molar-refractivity contribution < 1.29 is 13.2 Å². The van der Waals surface area contributed by atoms with Gasteiger partial charge in [0, 0.05) is 12.4 Å². The van der Waals surface area contributed by atoms with Crippen molar-refractivity contribution in [2.75, 3.05) is 0 Å². The summed E-state index contributed by atoms with van der Waals surface area (Å²) in [5.74, 6) is 0. The molecule has 0 unspecified atom stereocenters. The maximum atomic E-state index is 11.6. The predicted octanol–water partition coefficient (Wildman–Crippen LogP) is -0.0132. The highest BCUT2D eigenvalue weighted by Gasteiger charge is 2.16. The number of rotatable bonds is 2. The van der Waals surface area contributed by atoms with E-state index in [2.05, 4.69) is 9.97 Å². The van der Waals surface area contributed by atoms with Crippen LogP contribution in [0.2, 0.25) is 0 Å². The molecule has 88 valence electrons. The summed E-state index contributed by atoms with van der Waals surface area (Å²) in [6.45, 7) is 0. The minimum Gasteiger partial charge on any atom is -0.351 e. The molecule has 3 N–H and O–H groups in total. The zero-order chi connectivity index (χ0) is 12.5. The first-order valence-electron chi connectivity index (χ1n) is 4.52. The fraction of sp³-hybridized carbons (Fsp3) is 0. The van der Waals surface area contributed by atoms with E-state index in [0.717, 1.165) is 0 Å². The minimum atomic E-state index is -3.94. The van der Waals surface area contributed by atoms with Crippen LogP contribution in [0.25, 0.3) is 11.0 Å². The van der Waals surface area contributed by atoms with Crippen LogP contribution in [0.4, 0.5) is 4.79 Å². The Labute approximate surface area is 96.7 Å². The lowest BCUT2D eigenvalue weighted by molar-refractivity contribution is 0.253. The molecule has 1 heterocycles. The topological polar surface area (TPSA) is 115 Å². The van der Waals surface area contributed by atoms with Crippen molar-refractivity contribution in [3.05, 3.63) is 30.6 Å². The molecule has 2 aromatic rings. The highest BCUT2D eigenvalue weighted by molar-refractivity contribution is 7.90. The number of hydrogen-bond acceptors (Lipinski definition) is 5. The number of amides is 2. The molecule has 8 heteroatoms. The average molecular weight is 252 g/mol. The van der Waals surface area contributed by atoms with Gasteiger partial charge in [-0.2, -0.15) is 0 Å². The van der Waals surface area contributed by atoms with E-state index >= 15 is 0 Å². The van der Waals surface area contributed by atoms with Gasteiger partial charge in [-0.3, -0.25) is 9.97 Å². The van der Waals surface area contributed by atoms with Crippen molar-refractivity contribution in [2.24, 2.45) is 5.73 Å². The zero-order valence-corrected chi connectivity index (χ0v) is 9.31. The van der Waals surface area contributed by atoms with E-state index in [0.29, 0.717) is 11.0 Å². The molecule has 0 aliphatic heterocycles. The number of urea groups is 1. The van der Waals surface area contributed by atoms with Gasteiger partial charge in [-0.05, 0) is 18.2 Å². The number of benzene rings is 1. The number of carbonyl (C=O) groups is 1. The first-order chi connectivity index (χ1) is 7.99. The van der Waals surface area contributed by atoms with Crippen molar-refractivity contribution in [1.82, 2.24) is 14.7 Å². The predicted molar refractivity (Wildman–Crippen MR) is 59.4 cm³/mol. The quantitative estimate of drug-likeness (QED) is 0.779. The van der Waals surface area contributed by atoms with Crippen LogP contribution in [-0.4, -0.2) is 24.4 Å². The number of aromatic nitrogens is 2. The fourth-order valence-electron chi connectivity index (χ4n) is 1.30. The van der Waals surface area contributed by atoms with Crippen molar-refractivity contribution in [1.29, 1.82) is 0 Å². The lowest BCUT2D eigenvalue weighted by Gasteiger charge is -2.04. The van der Waals surface area contributed by atoms with Gasteiger partial charge < -0.3 is 5.73 Å². The summed E-state index contributed by atoms with van der Waals surface area (Å²) in [6, 6.07) is 3.00. The van der Waals surface area contributed by atoms with Crippen LogP contribution in [0.15, 0.2) is 35.5 Å². The van der Waals surface area contributed by atoms with Crippen molar-refractivity contribution in [3.63, 3.8) is 0 Å². The molecule has 0 spiro atoms. The summed E-state index contributed by atoms with van der Waals surface area (Å²) in [5.41, 5.74) is 5.75. The van der Waals surface area contributed by atoms with Gasteiger partial charge in [0.2, 0.25) is 0 Å². The first kappa shape index (κ1) is 11.3. The standard InChI is InChI=1S/C9H8N4O3S/c10-9(14)13-17(15,16)6-1-2-7-8(5-6)12-4-3-11-7/h1-5H,(H3,10,13,14). The average Bonchev–Trinajstić information content (AvgIpc) is 2.26. The maximum absolute atomic E-state index is 11.6. The van der Waals surface area contributed by atoms with Crippen LogP contribution in [0.5, 0.6) is 0 Å². The highest BCUT2D eigenvalue weighted by Crippen LogP contribution is 2.14. The fourth-order valence-corrected chi connectivity index (χ4v) is 2.20. The number of nitrogens with one attached hydrogen (secondary N) is 1. The number of nitrogens with two attached hydrogens (primary N) is 1. The molecule has 0 saturated heterocycles. The third-order valence-electron chi connectivity index (χ3n) is 1.99. The molecule has 0 fully saturated rings. The lowest BCUT2D eigenvalue weighted by Crippen LogP contribution is -2.34. The van der Waals surface area contributed by atoms with E-state index in [1.54, 1.807) is 4.72 Å². The van der Waals surface area contributed by atoms with Crippen molar-refractivity contribution in [3.8, 4) is 0 Å². The van der Waals surface area contributed by atoms with Crippen LogP contribution >= 0.6 is 0 Å². The van der Waals surface area contributed by atoms with E-state index in [1.165, 1.54) is 30.6 Å². The maximum Gasteiger partial charge on any atom is 0.326 e. The van der Waals surface area contributed by atoms with Crippen LogP contribution in [0.3, 0.4) is 0 Å². The van der Waals surface area contributed by atoms with Gasteiger partial charge in [-0.15, -0.1) is 0 Å². The molecule has 0 atom stereocenters. The summed E-state index contributed by atoms with van der Waals surface area (Å²) < 4.78 is 24.9. The molecule has 7 nitrogen and oxygen atoms in total. The van der Waals surface area contributed by atoms with Gasteiger partial charge in [-0.25, -0.2) is 17.9 Å². The summed E-state index contributed by atoms with van der Waals surface area (Å²) in [4.78, 5) is 18.4. The van der Waals surface area contributed by atoms with Crippen molar-refractivity contribution in [2.45, 2.75) is 4.90 Å². The van der Waals surface area contributed by atoms with E-state index in [4.69, 9.17) is 5.73 Å². The zero-order valence-electron chi connectivity index (χ0n) is 8.49. The largest absolute Gasteiger partial charge is 0.351 e. The first-order valence-corrected chi connectivity index (χ1v) is 6.00. The molecule has 0 aliphatic rings. The van der Waals surface area contributed by atoms with Gasteiger partial charge in [-0.1, -0.05) is 0 Å². The van der Waals surface area contributed by atoms with Gasteiger partial charge in [0.05, 0.1) is 15.9 Å². The minimum absolute atomic E-state index is 0.0932. The number of carbonyl (C=O) groups excluding carboxylic acids is 1. The van der Waals surface area contributed by atoms with Gasteiger partial charge >= 0.3 is 6.03 Å². The molecule has 1 aromatic heterocycles. The molecular weight excluding hydrogens is 244 g/mol. The highest BCUT2D eigenvalue weighted by atomic mass is 32.2. The monoisotopic (exact) mass is 252 g/mol. The molecule has 0 saturated carbocycles. The van der Waals surface area contributed by atoms with E-state index in [9.17, 15) is 13.2 Å². The molecule has 0 radical (unpaired) electrons. The molecule has 0 bridgehead atoms. The molecule has 0 aliphatic carbocycles. The van der Waals surface area contributed by atoms with Crippen molar-refractivity contribution >= 4 is 27.1 Å². The normalized spacial score (nSPS) is 11.3. The third kappa shape index (κ3) is 2.31. The second-order valence-corrected chi connectivity index (χ2v) is 4.86. The number of hydrogen-bond donors (Lipinski definition) is 2. The summed E-state index contributed by atoms with van der Waals surface area (Å²) >= 11 is 0. The van der Waals surface area contributed by atoms with E-state index in [1.807, 2.05) is 0 Å². The molecule has 17 heavy (non-hydrogen) atoms. The summed E-state index contributed by atoms with van der Waals surface area (Å²) in [7, 11) is -3.94. The number of primary amides is 1. The molecular formula is C9H8N4O3S.